The molecule has 2 aromatic carbocycles. The van der Waals surface area contributed by atoms with Crippen LogP contribution in [0.15, 0.2) is 52.3 Å². The van der Waals surface area contributed by atoms with Crippen molar-refractivity contribution in [3.05, 3.63) is 53.7 Å². The average Bonchev–Trinajstić information content (AvgIpc) is 3.50. The molecule has 1 aromatic heterocycles. The van der Waals surface area contributed by atoms with Gasteiger partial charge in [0.25, 0.3) is 0 Å². The van der Waals surface area contributed by atoms with Gasteiger partial charge < -0.3 is 25.2 Å². The molecule has 2 saturated heterocycles. The number of methoxy groups -OCH3 is 1. The minimum absolute atomic E-state index is 0.533. The Morgan fingerprint density at radius 1 is 1.02 bits per heavy atom. The lowest BCUT2D eigenvalue weighted by Crippen LogP contribution is -2.52. The van der Waals surface area contributed by atoms with E-state index in [9.17, 15) is 0 Å². The lowest BCUT2D eigenvalue weighted by molar-refractivity contribution is 0.0982. The molecule has 43 heavy (non-hydrogen) atoms. The van der Waals surface area contributed by atoms with Crippen molar-refractivity contribution in [1.29, 1.82) is 0 Å². The topological polar surface area (TPSA) is 68.8 Å². The average molecular weight is 620 g/mol. The highest BCUT2D eigenvalue weighted by Crippen LogP contribution is 2.38. The van der Waals surface area contributed by atoms with E-state index in [-0.39, 0.29) is 0 Å². The molecule has 3 aliphatic rings. The highest BCUT2D eigenvalue weighted by atomic mass is 32.2. The molecule has 8 nitrogen and oxygen atoms in total. The van der Waals surface area contributed by atoms with Crippen molar-refractivity contribution >= 4 is 46.7 Å². The number of hydrogen-bond donors (Lipinski definition) is 2. The third kappa shape index (κ3) is 7.36. The van der Waals surface area contributed by atoms with Crippen LogP contribution in [0.1, 0.15) is 37.9 Å². The fourth-order valence-corrected chi connectivity index (χ4v) is 8.24. The summed E-state index contributed by atoms with van der Waals surface area (Å²) in [5.41, 5.74) is 4.49. The Bertz CT molecular complexity index is 1390. The Hall–Kier alpha value is -2.66. The first kappa shape index (κ1) is 30.4. The fraction of sp³-hybridized carbons (Fsp3) is 0.515. The van der Waals surface area contributed by atoms with E-state index in [2.05, 4.69) is 88.7 Å². The number of hydrogen-bond acceptors (Lipinski definition) is 10. The molecule has 0 atom stereocenters. The van der Waals surface area contributed by atoms with Crippen LogP contribution < -0.4 is 20.3 Å². The number of piperidine rings is 1. The van der Waals surface area contributed by atoms with Crippen LogP contribution in [0.25, 0.3) is 0 Å². The zero-order chi connectivity index (χ0) is 29.8. The van der Waals surface area contributed by atoms with Crippen LogP contribution in [0.2, 0.25) is 0 Å². The molecule has 230 valence electrons. The van der Waals surface area contributed by atoms with E-state index < -0.39 is 0 Å². The highest BCUT2D eigenvalue weighted by Gasteiger charge is 2.27. The van der Waals surface area contributed by atoms with Gasteiger partial charge in [-0.2, -0.15) is 4.98 Å². The van der Waals surface area contributed by atoms with E-state index in [1.54, 1.807) is 7.11 Å². The predicted molar refractivity (Wildman–Crippen MR) is 182 cm³/mol. The van der Waals surface area contributed by atoms with Crippen LogP contribution in [-0.4, -0.2) is 90.2 Å². The molecule has 3 aliphatic heterocycles. The maximum Gasteiger partial charge on any atom is 0.229 e. The summed E-state index contributed by atoms with van der Waals surface area (Å²) >= 11 is 3.74. The molecular formula is C33H45N7OS2. The van der Waals surface area contributed by atoms with E-state index in [4.69, 9.17) is 14.7 Å². The number of ether oxygens (including phenoxy) is 1. The van der Waals surface area contributed by atoms with Crippen molar-refractivity contribution < 1.29 is 4.74 Å². The van der Waals surface area contributed by atoms with Gasteiger partial charge in [0, 0.05) is 85.9 Å². The minimum atomic E-state index is 0.533. The molecule has 10 heteroatoms. The van der Waals surface area contributed by atoms with Crippen molar-refractivity contribution in [3.63, 3.8) is 0 Å². The van der Waals surface area contributed by atoms with Gasteiger partial charge in [-0.3, -0.25) is 4.90 Å². The highest BCUT2D eigenvalue weighted by molar-refractivity contribution is 8.00. The van der Waals surface area contributed by atoms with E-state index in [1.165, 1.54) is 60.1 Å². The van der Waals surface area contributed by atoms with Crippen LogP contribution in [0.3, 0.4) is 0 Å². The second-order valence-corrected chi connectivity index (χ2v) is 14.7. The molecule has 0 spiro atoms. The molecule has 0 aliphatic carbocycles. The number of aromatic nitrogens is 2. The molecule has 2 fully saturated rings. The molecule has 0 unspecified atom stereocenters. The number of thioether (sulfide) groups is 2. The van der Waals surface area contributed by atoms with Gasteiger partial charge in [0.05, 0.1) is 23.4 Å². The fourth-order valence-electron chi connectivity index (χ4n) is 6.22. The molecular weight excluding hydrogens is 575 g/mol. The number of benzene rings is 2. The summed E-state index contributed by atoms with van der Waals surface area (Å²) in [6.07, 6.45) is 3.37. The number of nitrogens with one attached hydrogen (secondary N) is 2. The van der Waals surface area contributed by atoms with E-state index in [0.29, 0.717) is 17.2 Å². The molecule has 3 aromatic rings. The zero-order valence-electron chi connectivity index (χ0n) is 25.9. The quantitative estimate of drug-likeness (QED) is 0.256. The molecule has 4 heterocycles. The minimum Gasteiger partial charge on any atom is -0.494 e. The van der Waals surface area contributed by atoms with Gasteiger partial charge in [-0.25, -0.2) is 4.98 Å². The van der Waals surface area contributed by atoms with E-state index >= 15 is 0 Å². The molecule has 0 amide bonds. The lowest BCUT2D eigenvalue weighted by atomic mass is 10.0. The SMILES string of the molecule is COc1cc(N2CCC(N3CCN(C)CC3)CC2)ccc1Nc1nc2c(c(NCc3ccccc3SC(C)C)n1)SCC2. The zero-order valence-corrected chi connectivity index (χ0v) is 27.6. The number of nitrogens with zero attached hydrogens (tertiary/aromatic N) is 5. The normalized spacial score (nSPS) is 18.2. The maximum absolute atomic E-state index is 5.87. The Morgan fingerprint density at radius 3 is 2.58 bits per heavy atom. The van der Waals surface area contributed by atoms with Crippen molar-refractivity contribution in [2.45, 2.75) is 60.7 Å². The summed E-state index contributed by atoms with van der Waals surface area (Å²) in [5, 5.41) is 7.66. The largest absolute Gasteiger partial charge is 0.494 e. The first-order valence-electron chi connectivity index (χ1n) is 15.6. The summed E-state index contributed by atoms with van der Waals surface area (Å²) in [4.78, 5) is 20.0. The Labute approximate surface area is 265 Å². The maximum atomic E-state index is 5.87. The Balaban J connectivity index is 1.13. The van der Waals surface area contributed by atoms with Gasteiger partial charge in [0.1, 0.15) is 11.6 Å². The molecule has 2 N–H and O–H groups in total. The van der Waals surface area contributed by atoms with Gasteiger partial charge in [-0.15, -0.1) is 23.5 Å². The molecule has 6 rings (SSSR count). The first-order chi connectivity index (χ1) is 21.0. The van der Waals surface area contributed by atoms with Crippen LogP contribution in [0.5, 0.6) is 5.75 Å². The number of rotatable bonds is 10. The number of aryl methyl sites for hydroxylation is 1. The van der Waals surface area contributed by atoms with Gasteiger partial charge in [-0.1, -0.05) is 32.0 Å². The Morgan fingerprint density at radius 2 is 1.81 bits per heavy atom. The third-order valence-electron chi connectivity index (χ3n) is 8.62. The summed E-state index contributed by atoms with van der Waals surface area (Å²) in [6, 6.07) is 15.8. The van der Waals surface area contributed by atoms with Crippen LogP contribution >= 0.6 is 23.5 Å². The third-order valence-corrected chi connectivity index (χ3v) is 10.9. The summed E-state index contributed by atoms with van der Waals surface area (Å²) in [5.74, 6) is 3.35. The van der Waals surface area contributed by atoms with Crippen molar-refractivity contribution in [1.82, 2.24) is 19.8 Å². The van der Waals surface area contributed by atoms with E-state index in [0.717, 1.165) is 54.8 Å². The van der Waals surface area contributed by atoms with Gasteiger partial charge in [-0.05, 0) is 43.7 Å². The molecule has 0 saturated carbocycles. The monoisotopic (exact) mass is 619 g/mol. The Kier molecular flexibility index (Phi) is 9.87. The van der Waals surface area contributed by atoms with Gasteiger partial charge in [0.15, 0.2) is 0 Å². The van der Waals surface area contributed by atoms with Crippen molar-refractivity contribution in [2.75, 3.05) is 74.7 Å². The van der Waals surface area contributed by atoms with Gasteiger partial charge in [0.2, 0.25) is 5.95 Å². The second kappa shape index (κ2) is 14.0. The van der Waals surface area contributed by atoms with Crippen LogP contribution in [0, 0.1) is 0 Å². The summed E-state index contributed by atoms with van der Waals surface area (Å²) < 4.78 is 5.87. The van der Waals surface area contributed by atoms with Crippen LogP contribution in [0.4, 0.5) is 23.1 Å². The lowest BCUT2D eigenvalue weighted by Gasteiger charge is -2.42. The number of fused-ring (bicyclic) bond motifs is 1. The number of anilines is 4. The van der Waals surface area contributed by atoms with Crippen molar-refractivity contribution in [3.8, 4) is 5.75 Å². The predicted octanol–water partition coefficient (Wildman–Crippen LogP) is 6.21. The smallest absolute Gasteiger partial charge is 0.229 e. The number of piperazine rings is 1. The standard InChI is InChI=1S/C33H45N7OS2/c1-23(2)43-30-8-6-5-7-24(30)22-34-32-31-28(13-20-42-31)36-33(37-32)35-27-10-9-26(21-29(27)41-4)39-14-11-25(12-15-39)40-18-16-38(3)17-19-40/h5-10,21,23,25H,11-20,22H2,1-4H3,(H2,34,35,36,37). The van der Waals surface area contributed by atoms with Crippen LogP contribution in [-0.2, 0) is 13.0 Å². The summed E-state index contributed by atoms with van der Waals surface area (Å²) in [7, 11) is 3.97. The van der Waals surface area contributed by atoms with E-state index in [1.807, 2.05) is 23.5 Å². The second-order valence-electron chi connectivity index (χ2n) is 12.0. The molecule has 0 bridgehead atoms. The van der Waals surface area contributed by atoms with Gasteiger partial charge >= 0.3 is 0 Å². The number of likely N-dealkylation sites (N-methyl/N-ethyl adjacent to an activating group) is 1. The summed E-state index contributed by atoms with van der Waals surface area (Å²) in [6.45, 7) is 12.1. The first-order valence-corrected chi connectivity index (χ1v) is 17.5. The molecule has 0 radical (unpaired) electrons. The van der Waals surface area contributed by atoms with Crippen molar-refractivity contribution in [2.24, 2.45) is 0 Å².